The highest BCUT2D eigenvalue weighted by molar-refractivity contribution is 5.85. The number of phenolic OH excluding ortho intramolecular Hbond substituents is 1. The Morgan fingerprint density at radius 2 is 2.05 bits per heavy atom. The van der Waals surface area contributed by atoms with Crippen LogP contribution in [0.1, 0.15) is 23.6 Å². The van der Waals surface area contributed by atoms with Gasteiger partial charge in [0, 0.05) is 5.56 Å². The maximum absolute atomic E-state index is 10.1. The van der Waals surface area contributed by atoms with E-state index in [-0.39, 0.29) is 5.75 Å². The van der Waals surface area contributed by atoms with E-state index in [2.05, 4.69) is 23.5 Å². The van der Waals surface area contributed by atoms with Gasteiger partial charge in [0.25, 0.3) is 0 Å². The molecule has 0 spiro atoms. The van der Waals surface area contributed by atoms with E-state index in [1.54, 1.807) is 18.3 Å². The van der Waals surface area contributed by atoms with Crippen LogP contribution in [-0.4, -0.2) is 17.9 Å². The van der Waals surface area contributed by atoms with Crippen LogP contribution in [0, 0.1) is 13.8 Å². The van der Waals surface area contributed by atoms with Gasteiger partial charge in [0.15, 0.2) is 11.5 Å². The molecule has 0 aromatic heterocycles. The molecule has 0 fully saturated rings. The van der Waals surface area contributed by atoms with Crippen molar-refractivity contribution in [2.24, 2.45) is 5.10 Å². The first-order chi connectivity index (χ1) is 10.1. The fraction of sp³-hybridized carbons (Fsp3) is 0.235. The molecule has 0 bridgehead atoms. The second kappa shape index (κ2) is 6.79. The van der Waals surface area contributed by atoms with E-state index in [0.29, 0.717) is 17.9 Å². The monoisotopic (exact) mass is 284 g/mol. The minimum atomic E-state index is 0.102. The maximum atomic E-state index is 10.1. The van der Waals surface area contributed by atoms with Crippen molar-refractivity contribution in [2.45, 2.75) is 20.8 Å². The van der Waals surface area contributed by atoms with Gasteiger partial charge in [-0.1, -0.05) is 23.8 Å². The molecule has 0 unspecified atom stereocenters. The van der Waals surface area contributed by atoms with E-state index in [0.717, 1.165) is 11.3 Å². The van der Waals surface area contributed by atoms with Crippen molar-refractivity contribution >= 4 is 11.9 Å². The Morgan fingerprint density at radius 1 is 1.24 bits per heavy atom. The Hall–Kier alpha value is -2.49. The van der Waals surface area contributed by atoms with Gasteiger partial charge in [-0.05, 0) is 44.5 Å². The molecular formula is C17H20N2O2. The SMILES string of the molecule is CCOc1cccc(/C=N/Nc2ccc(C)cc2C)c1O. The molecular weight excluding hydrogens is 264 g/mol. The van der Waals surface area contributed by atoms with E-state index >= 15 is 0 Å². The highest BCUT2D eigenvalue weighted by Crippen LogP contribution is 2.28. The summed E-state index contributed by atoms with van der Waals surface area (Å²) in [6.07, 6.45) is 1.58. The minimum absolute atomic E-state index is 0.102. The Labute approximate surface area is 125 Å². The molecule has 0 atom stereocenters. The molecule has 2 N–H and O–H groups in total. The highest BCUT2D eigenvalue weighted by atomic mass is 16.5. The Kier molecular flexibility index (Phi) is 4.82. The first-order valence-electron chi connectivity index (χ1n) is 6.93. The zero-order valence-corrected chi connectivity index (χ0v) is 12.6. The molecule has 110 valence electrons. The predicted molar refractivity (Wildman–Crippen MR) is 86.4 cm³/mol. The van der Waals surface area contributed by atoms with Gasteiger partial charge in [-0.25, -0.2) is 0 Å². The smallest absolute Gasteiger partial charge is 0.166 e. The van der Waals surface area contributed by atoms with Crippen LogP contribution in [0.3, 0.4) is 0 Å². The normalized spacial score (nSPS) is 10.8. The number of phenols is 1. The van der Waals surface area contributed by atoms with Gasteiger partial charge >= 0.3 is 0 Å². The summed E-state index contributed by atoms with van der Waals surface area (Å²) < 4.78 is 5.34. The van der Waals surface area contributed by atoms with E-state index < -0.39 is 0 Å². The van der Waals surface area contributed by atoms with Crippen LogP contribution < -0.4 is 10.2 Å². The van der Waals surface area contributed by atoms with Gasteiger partial charge < -0.3 is 9.84 Å². The number of anilines is 1. The van der Waals surface area contributed by atoms with E-state index in [1.807, 2.05) is 32.0 Å². The molecule has 0 heterocycles. The molecule has 4 nitrogen and oxygen atoms in total. The lowest BCUT2D eigenvalue weighted by Crippen LogP contribution is -1.96. The maximum Gasteiger partial charge on any atom is 0.166 e. The van der Waals surface area contributed by atoms with Crippen LogP contribution in [-0.2, 0) is 0 Å². The van der Waals surface area contributed by atoms with Crippen LogP contribution >= 0.6 is 0 Å². The molecule has 0 saturated heterocycles. The summed E-state index contributed by atoms with van der Waals surface area (Å²) in [5.74, 6) is 0.568. The standard InChI is InChI=1S/C17H20N2O2/c1-4-21-16-7-5-6-14(17(16)20)11-18-19-15-9-8-12(2)10-13(15)3/h5-11,19-20H,4H2,1-3H3/b18-11+. The number of hydrogen-bond acceptors (Lipinski definition) is 4. The minimum Gasteiger partial charge on any atom is -0.504 e. The molecule has 2 rings (SSSR count). The fourth-order valence-electron chi connectivity index (χ4n) is 2.03. The Bertz CT molecular complexity index is 651. The second-order valence-corrected chi connectivity index (χ2v) is 4.82. The second-order valence-electron chi connectivity index (χ2n) is 4.82. The van der Waals surface area contributed by atoms with E-state index in [9.17, 15) is 5.11 Å². The average Bonchev–Trinajstić information content (AvgIpc) is 2.45. The van der Waals surface area contributed by atoms with Crippen molar-refractivity contribution in [1.82, 2.24) is 0 Å². The first kappa shape index (κ1) is 14.9. The lowest BCUT2D eigenvalue weighted by molar-refractivity contribution is 0.318. The Balaban J connectivity index is 2.13. The van der Waals surface area contributed by atoms with Gasteiger partial charge in [0.05, 0.1) is 18.5 Å². The van der Waals surface area contributed by atoms with Crippen molar-refractivity contribution < 1.29 is 9.84 Å². The molecule has 21 heavy (non-hydrogen) atoms. The molecule has 0 aliphatic heterocycles. The number of aryl methyl sites for hydroxylation is 2. The topological polar surface area (TPSA) is 53.8 Å². The number of hydrogen-bond donors (Lipinski definition) is 2. The summed E-state index contributed by atoms with van der Waals surface area (Å²) in [5, 5.41) is 14.2. The number of benzene rings is 2. The third kappa shape index (κ3) is 3.75. The largest absolute Gasteiger partial charge is 0.504 e. The first-order valence-corrected chi connectivity index (χ1v) is 6.93. The lowest BCUT2D eigenvalue weighted by Gasteiger charge is -2.08. The van der Waals surface area contributed by atoms with Crippen LogP contribution in [0.4, 0.5) is 5.69 Å². The highest BCUT2D eigenvalue weighted by Gasteiger charge is 2.05. The van der Waals surface area contributed by atoms with Gasteiger partial charge in [0.1, 0.15) is 0 Å². The summed E-state index contributed by atoms with van der Waals surface area (Å²) in [6.45, 7) is 6.46. The number of para-hydroxylation sites is 1. The van der Waals surface area contributed by atoms with Crippen LogP contribution in [0.15, 0.2) is 41.5 Å². The predicted octanol–water partition coefficient (Wildman–Crippen LogP) is 3.85. The summed E-state index contributed by atoms with van der Waals surface area (Å²) in [5.41, 5.74) is 6.87. The van der Waals surface area contributed by atoms with Crippen LogP contribution in [0.25, 0.3) is 0 Å². The molecule has 0 radical (unpaired) electrons. The number of nitrogens with zero attached hydrogens (tertiary/aromatic N) is 1. The van der Waals surface area contributed by atoms with Gasteiger partial charge in [-0.2, -0.15) is 5.10 Å². The molecule has 2 aromatic rings. The Morgan fingerprint density at radius 3 is 2.76 bits per heavy atom. The summed E-state index contributed by atoms with van der Waals surface area (Å²) >= 11 is 0. The zero-order valence-electron chi connectivity index (χ0n) is 12.6. The number of rotatable bonds is 5. The van der Waals surface area contributed by atoms with Crippen LogP contribution in [0.5, 0.6) is 11.5 Å². The van der Waals surface area contributed by atoms with Crippen molar-refractivity contribution in [3.8, 4) is 11.5 Å². The fourth-order valence-corrected chi connectivity index (χ4v) is 2.03. The number of ether oxygens (including phenoxy) is 1. The average molecular weight is 284 g/mol. The molecule has 0 aliphatic rings. The van der Waals surface area contributed by atoms with Gasteiger partial charge in [-0.15, -0.1) is 0 Å². The van der Waals surface area contributed by atoms with E-state index in [1.165, 1.54) is 5.56 Å². The third-order valence-electron chi connectivity index (χ3n) is 3.10. The number of nitrogens with one attached hydrogen (secondary N) is 1. The summed E-state index contributed by atoms with van der Waals surface area (Å²) in [7, 11) is 0. The lowest BCUT2D eigenvalue weighted by atomic mass is 10.1. The molecule has 4 heteroatoms. The van der Waals surface area contributed by atoms with E-state index in [4.69, 9.17) is 4.74 Å². The third-order valence-corrected chi connectivity index (χ3v) is 3.10. The molecule has 2 aromatic carbocycles. The summed E-state index contributed by atoms with van der Waals surface area (Å²) in [4.78, 5) is 0. The van der Waals surface area contributed by atoms with Gasteiger partial charge in [0.2, 0.25) is 0 Å². The molecule has 0 saturated carbocycles. The van der Waals surface area contributed by atoms with Gasteiger partial charge in [-0.3, -0.25) is 5.43 Å². The number of hydrazone groups is 1. The number of aromatic hydroxyl groups is 1. The quantitative estimate of drug-likeness (QED) is 0.647. The van der Waals surface area contributed by atoms with Crippen LogP contribution in [0.2, 0.25) is 0 Å². The molecule has 0 aliphatic carbocycles. The summed E-state index contributed by atoms with van der Waals surface area (Å²) in [6, 6.07) is 11.4. The zero-order chi connectivity index (χ0) is 15.2. The van der Waals surface area contributed by atoms with Crippen molar-refractivity contribution in [3.63, 3.8) is 0 Å². The molecule has 0 amide bonds. The van der Waals surface area contributed by atoms with Crippen molar-refractivity contribution in [1.29, 1.82) is 0 Å². The van der Waals surface area contributed by atoms with Crippen molar-refractivity contribution in [3.05, 3.63) is 53.1 Å². The van der Waals surface area contributed by atoms with Crippen molar-refractivity contribution in [2.75, 3.05) is 12.0 Å².